The van der Waals surface area contributed by atoms with E-state index in [1.165, 1.54) is 0 Å². The lowest BCUT2D eigenvalue weighted by atomic mass is 10.0. The Morgan fingerprint density at radius 3 is 2.36 bits per heavy atom. The highest BCUT2D eigenvalue weighted by atomic mass is 16.5. The predicted molar refractivity (Wildman–Crippen MR) is 97.9 cm³/mol. The number of nitrogens with zero attached hydrogens (tertiary/aromatic N) is 1. The van der Waals surface area contributed by atoms with Gasteiger partial charge in [-0.3, -0.25) is 4.99 Å². The number of aliphatic imine (C=N–C) groups is 1. The lowest BCUT2D eigenvalue weighted by Gasteiger charge is -2.25. The minimum Gasteiger partial charge on any atom is -0.496 e. The largest absolute Gasteiger partial charge is 0.496 e. The van der Waals surface area contributed by atoms with Crippen molar-refractivity contribution in [2.24, 2.45) is 4.99 Å². The number of methoxy groups -OCH3 is 3. The molecule has 1 atom stereocenters. The Hall–Kier alpha value is -2.15. The first kappa shape index (κ1) is 19.2. The van der Waals surface area contributed by atoms with Crippen LogP contribution in [0.5, 0.6) is 17.2 Å². The average molecular weight is 351 g/mol. The maximum atomic E-state index is 5.79. The van der Waals surface area contributed by atoms with Gasteiger partial charge in [-0.2, -0.15) is 0 Å². The molecule has 0 aromatic heterocycles. The molecular weight excluding hydrogens is 322 g/mol. The molecule has 0 radical (unpaired) electrons. The van der Waals surface area contributed by atoms with Crippen LogP contribution in [0, 0.1) is 0 Å². The number of hydrogen-bond acceptors (Lipinski definition) is 5. The molecule has 0 saturated carbocycles. The second kappa shape index (κ2) is 8.80. The summed E-state index contributed by atoms with van der Waals surface area (Å²) >= 11 is 0. The summed E-state index contributed by atoms with van der Waals surface area (Å²) in [6.07, 6.45) is 2.16. The molecule has 7 heteroatoms. The number of ether oxygens (including phenoxy) is 4. The van der Waals surface area contributed by atoms with E-state index in [1.807, 2.05) is 12.1 Å². The number of rotatable bonds is 7. The number of guanidine groups is 1. The zero-order valence-corrected chi connectivity index (χ0v) is 15.8. The summed E-state index contributed by atoms with van der Waals surface area (Å²) in [7, 11) is 6.60. The Kier molecular flexibility index (Phi) is 6.75. The van der Waals surface area contributed by atoms with Crippen LogP contribution in [-0.4, -0.2) is 53.1 Å². The predicted octanol–water partition coefficient (Wildman–Crippen LogP) is 1.95. The van der Waals surface area contributed by atoms with Gasteiger partial charge in [-0.25, -0.2) is 0 Å². The molecule has 1 unspecified atom stereocenters. The summed E-state index contributed by atoms with van der Waals surface area (Å²) in [5, 5.41) is 6.63. The van der Waals surface area contributed by atoms with E-state index in [9.17, 15) is 0 Å². The molecule has 7 nitrogen and oxygen atoms in total. The van der Waals surface area contributed by atoms with Crippen molar-refractivity contribution in [3.05, 3.63) is 17.7 Å². The first-order valence-corrected chi connectivity index (χ1v) is 8.42. The minimum atomic E-state index is -0.126. The number of hydrogen-bond donors (Lipinski definition) is 2. The van der Waals surface area contributed by atoms with Crippen molar-refractivity contribution in [1.82, 2.24) is 10.6 Å². The fourth-order valence-corrected chi connectivity index (χ4v) is 2.88. The molecule has 1 aliphatic rings. The summed E-state index contributed by atoms with van der Waals surface area (Å²) in [4.78, 5) is 4.27. The van der Waals surface area contributed by atoms with Gasteiger partial charge in [-0.1, -0.05) is 0 Å². The molecule has 1 aromatic carbocycles. The van der Waals surface area contributed by atoms with E-state index in [2.05, 4.69) is 22.5 Å². The summed E-state index contributed by atoms with van der Waals surface area (Å²) in [6, 6.07) is 3.72. The smallest absolute Gasteiger partial charge is 0.191 e. The molecule has 1 aromatic rings. The summed E-state index contributed by atoms with van der Waals surface area (Å²) in [5.41, 5.74) is 0.824. The summed E-state index contributed by atoms with van der Waals surface area (Å²) in [5.74, 6) is 2.74. The SMILES string of the molecule is CN=C(NCc1cc(OC)c(OC)cc1OC)NCC1(C)CCCO1. The van der Waals surface area contributed by atoms with E-state index in [0.717, 1.165) is 37.3 Å². The van der Waals surface area contributed by atoms with Crippen LogP contribution >= 0.6 is 0 Å². The molecule has 140 valence electrons. The zero-order chi connectivity index (χ0) is 18.3. The van der Waals surface area contributed by atoms with Crippen molar-refractivity contribution in [2.75, 3.05) is 41.5 Å². The van der Waals surface area contributed by atoms with Crippen LogP contribution in [-0.2, 0) is 11.3 Å². The standard InChI is InChI=1S/C18H29N3O4/c1-18(7-6-8-25-18)12-21-17(19-2)20-11-13-9-15(23-4)16(24-5)10-14(13)22-3/h9-10H,6-8,11-12H2,1-5H3,(H2,19,20,21). The number of benzene rings is 1. The van der Waals surface area contributed by atoms with Crippen LogP contribution in [0.2, 0.25) is 0 Å². The van der Waals surface area contributed by atoms with Gasteiger partial charge in [0.25, 0.3) is 0 Å². The quantitative estimate of drug-likeness (QED) is 0.578. The van der Waals surface area contributed by atoms with Crippen LogP contribution in [0.1, 0.15) is 25.3 Å². The molecule has 0 aliphatic carbocycles. The van der Waals surface area contributed by atoms with Crippen LogP contribution in [0.4, 0.5) is 0 Å². The van der Waals surface area contributed by atoms with E-state index in [1.54, 1.807) is 28.4 Å². The fraction of sp³-hybridized carbons (Fsp3) is 0.611. The minimum absolute atomic E-state index is 0.126. The maximum absolute atomic E-state index is 5.79. The van der Waals surface area contributed by atoms with E-state index in [-0.39, 0.29) is 5.60 Å². The maximum Gasteiger partial charge on any atom is 0.191 e. The monoisotopic (exact) mass is 351 g/mol. The van der Waals surface area contributed by atoms with Gasteiger partial charge < -0.3 is 29.6 Å². The Bertz CT molecular complexity index is 598. The molecule has 2 rings (SSSR count). The zero-order valence-electron chi connectivity index (χ0n) is 15.8. The van der Waals surface area contributed by atoms with Crippen LogP contribution in [0.15, 0.2) is 17.1 Å². The van der Waals surface area contributed by atoms with Gasteiger partial charge in [-0.05, 0) is 25.8 Å². The molecule has 1 aliphatic heterocycles. The molecular formula is C18H29N3O4. The van der Waals surface area contributed by atoms with Gasteiger partial charge in [0.05, 0.1) is 26.9 Å². The van der Waals surface area contributed by atoms with Crippen LogP contribution in [0.25, 0.3) is 0 Å². The van der Waals surface area contributed by atoms with Crippen molar-refractivity contribution in [2.45, 2.75) is 31.9 Å². The van der Waals surface area contributed by atoms with E-state index in [4.69, 9.17) is 18.9 Å². The van der Waals surface area contributed by atoms with Gasteiger partial charge in [0.15, 0.2) is 17.5 Å². The van der Waals surface area contributed by atoms with Crippen LogP contribution in [0.3, 0.4) is 0 Å². The van der Waals surface area contributed by atoms with Gasteiger partial charge in [0, 0.05) is 38.4 Å². The molecule has 1 fully saturated rings. The van der Waals surface area contributed by atoms with Crippen molar-refractivity contribution in [1.29, 1.82) is 0 Å². The van der Waals surface area contributed by atoms with Gasteiger partial charge in [-0.15, -0.1) is 0 Å². The molecule has 0 amide bonds. The molecule has 1 heterocycles. The third kappa shape index (κ3) is 4.92. The molecule has 25 heavy (non-hydrogen) atoms. The summed E-state index contributed by atoms with van der Waals surface area (Å²) in [6.45, 7) is 4.21. The van der Waals surface area contributed by atoms with Gasteiger partial charge >= 0.3 is 0 Å². The Balaban J connectivity index is 2.00. The van der Waals surface area contributed by atoms with Crippen molar-refractivity contribution >= 4 is 5.96 Å². The Morgan fingerprint density at radius 1 is 1.12 bits per heavy atom. The molecule has 1 saturated heterocycles. The molecule has 2 N–H and O–H groups in total. The Labute approximate surface area is 149 Å². The van der Waals surface area contributed by atoms with Crippen LogP contribution < -0.4 is 24.8 Å². The summed E-state index contributed by atoms with van der Waals surface area (Å²) < 4.78 is 21.9. The van der Waals surface area contributed by atoms with E-state index >= 15 is 0 Å². The lowest BCUT2D eigenvalue weighted by molar-refractivity contribution is 0.0243. The highest BCUT2D eigenvalue weighted by Gasteiger charge is 2.29. The van der Waals surface area contributed by atoms with Gasteiger partial charge in [0.1, 0.15) is 5.75 Å². The second-order valence-electron chi connectivity index (χ2n) is 6.20. The number of nitrogens with one attached hydrogen (secondary N) is 2. The third-order valence-electron chi connectivity index (χ3n) is 4.39. The normalized spacial score (nSPS) is 20.3. The van der Waals surface area contributed by atoms with Gasteiger partial charge in [0.2, 0.25) is 0 Å². The topological polar surface area (TPSA) is 73.3 Å². The van der Waals surface area contributed by atoms with E-state index < -0.39 is 0 Å². The Morgan fingerprint density at radius 2 is 1.80 bits per heavy atom. The van der Waals surface area contributed by atoms with Crippen molar-refractivity contribution in [3.63, 3.8) is 0 Å². The highest BCUT2D eigenvalue weighted by Crippen LogP contribution is 2.34. The molecule has 0 bridgehead atoms. The molecule has 0 spiro atoms. The lowest BCUT2D eigenvalue weighted by Crippen LogP contribution is -2.45. The fourth-order valence-electron chi connectivity index (χ4n) is 2.88. The second-order valence-corrected chi connectivity index (χ2v) is 6.20. The van der Waals surface area contributed by atoms with E-state index in [0.29, 0.717) is 24.0 Å². The average Bonchev–Trinajstić information content (AvgIpc) is 3.07. The van der Waals surface area contributed by atoms with Crippen molar-refractivity contribution in [3.8, 4) is 17.2 Å². The van der Waals surface area contributed by atoms with Crippen molar-refractivity contribution < 1.29 is 18.9 Å². The first-order chi connectivity index (χ1) is 12.0. The first-order valence-electron chi connectivity index (χ1n) is 8.42. The third-order valence-corrected chi connectivity index (χ3v) is 4.39. The highest BCUT2D eigenvalue weighted by molar-refractivity contribution is 5.79.